The highest BCUT2D eigenvalue weighted by Crippen LogP contribution is 2.01. The first kappa shape index (κ1) is 18.5. The van der Waals surface area contributed by atoms with Gasteiger partial charge in [0, 0.05) is 6.54 Å². The van der Waals surface area contributed by atoms with E-state index in [1.165, 1.54) is 0 Å². The molecular weight excluding hydrogens is 315 g/mol. The van der Waals surface area contributed by atoms with Gasteiger partial charge < -0.3 is 21.9 Å². The molecule has 0 aliphatic rings. The third-order valence-electron chi connectivity index (χ3n) is 3.71. The van der Waals surface area contributed by atoms with Gasteiger partial charge >= 0.3 is 12.9 Å². The minimum atomic E-state index is -0.718. The SMILES string of the molecule is NC(N)=NCCC[C@H](N)C(=O)OB(c1ccccc1)c1ccccc1. The van der Waals surface area contributed by atoms with Gasteiger partial charge in [-0.05, 0) is 23.8 Å². The lowest BCUT2D eigenvalue weighted by Gasteiger charge is -2.18. The highest BCUT2D eigenvalue weighted by Gasteiger charge is 2.27. The lowest BCUT2D eigenvalue weighted by atomic mass is 9.55. The molecule has 0 saturated heterocycles. The van der Waals surface area contributed by atoms with E-state index < -0.39 is 18.9 Å². The lowest BCUT2D eigenvalue weighted by molar-refractivity contribution is -0.136. The number of guanidine groups is 1. The molecule has 0 aliphatic heterocycles. The van der Waals surface area contributed by atoms with Gasteiger partial charge in [-0.2, -0.15) is 0 Å². The molecule has 0 aromatic heterocycles. The van der Waals surface area contributed by atoms with E-state index in [4.69, 9.17) is 21.9 Å². The van der Waals surface area contributed by atoms with E-state index in [1.807, 2.05) is 60.7 Å². The largest absolute Gasteiger partial charge is 0.525 e. The van der Waals surface area contributed by atoms with Crippen molar-refractivity contribution in [1.29, 1.82) is 0 Å². The molecule has 0 fully saturated rings. The molecule has 0 amide bonds. The van der Waals surface area contributed by atoms with Crippen LogP contribution in [0.1, 0.15) is 12.8 Å². The van der Waals surface area contributed by atoms with E-state index in [0.717, 1.165) is 10.9 Å². The summed E-state index contributed by atoms with van der Waals surface area (Å²) in [4.78, 5) is 16.3. The summed E-state index contributed by atoms with van der Waals surface area (Å²) >= 11 is 0. The predicted octanol–water partition coefficient (Wildman–Crippen LogP) is -0.284. The molecule has 0 spiro atoms. The van der Waals surface area contributed by atoms with Gasteiger partial charge in [0.1, 0.15) is 6.04 Å². The number of carbonyl (C=O) groups is 1. The Morgan fingerprint density at radius 3 is 2.00 bits per heavy atom. The third-order valence-corrected chi connectivity index (χ3v) is 3.71. The zero-order valence-electron chi connectivity index (χ0n) is 14.0. The number of nitrogens with two attached hydrogens (primary N) is 3. The van der Waals surface area contributed by atoms with Crippen molar-refractivity contribution in [1.82, 2.24) is 0 Å². The first-order chi connectivity index (χ1) is 12.1. The van der Waals surface area contributed by atoms with Crippen molar-refractivity contribution < 1.29 is 9.45 Å². The molecule has 2 rings (SSSR count). The van der Waals surface area contributed by atoms with Crippen LogP contribution in [0.5, 0.6) is 0 Å². The van der Waals surface area contributed by atoms with Crippen molar-refractivity contribution in [3.63, 3.8) is 0 Å². The van der Waals surface area contributed by atoms with Crippen LogP contribution in [-0.4, -0.2) is 31.4 Å². The number of aliphatic imine (C=N–C) groups is 1. The minimum absolute atomic E-state index is 0.0318. The third kappa shape index (κ3) is 5.97. The molecule has 0 heterocycles. The van der Waals surface area contributed by atoms with Gasteiger partial charge in [-0.3, -0.25) is 9.79 Å². The Labute approximate surface area is 148 Å². The number of hydrogen-bond acceptors (Lipinski definition) is 4. The molecular formula is C18H23BN4O2. The lowest BCUT2D eigenvalue weighted by Crippen LogP contribution is -2.49. The molecule has 6 N–H and O–H groups in total. The molecule has 0 bridgehead atoms. The smallest absolute Gasteiger partial charge is 0.429 e. The summed E-state index contributed by atoms with van der Waals surface area (Å²) in [5, 5.41) is 0. The molecule has 1 atom stereocenters. The monoisotopic (exact) mass is 338 g/mol. The number of hydrogen-bond donors (Lipinski definition) is 3. The topological polar surface area (TPSA) is 117 Å². The first-order valence-electron chi connectivity index (χ1n) is 8.19. The second-order valence-corrected chi connectivity index (χ2v) is 5.69. The highest BCUT2D eigenvalue weighted by molar-refractivity contribution is 6.81. The second kappa shape index (κ2) is 9.49. The second-order valence-electron chi connectivity index (χ2n) is 5.69. The summed E-state index contributed by atoms with van der Waals surface area (Å²) in [6.07, 6.45) is 1.06. The van der Waals surface area contributed by atoms with Gasteiger partial charge in [0.15, 0.2) is 5.96 Å². The predicted molar refractivity (Wildman–Crippen MR) is 102 cm³/mol. The normalized spacial score (nSPS) is 11.4. The summed E-state index contributed by atoms with van der Waals surface area (Å²) in [6, 6.07) is 18.5. The average molecular weight is 338 g/mol. The van der Waals surface area contributed by atoms with Gasteiger partial charge in [-0.25, -0.2) is 0 Å². The average Bonchev–Trinajstić information content (AvgIpc) is 2.64. The van der Waals surface area contributed by atoms with Crippen LogP contribution >= 0.6 is 0 Å². The van der Waals surface area contributed by atoms with Crippen LogP contribution in [0.2, 0.25) is 0 Å². The van der Waals surface area contributed by atoms with Gasteiger partial charge in [-0.1, -0.05) is 60.7 Å². The summed E-state index contributed by atoms with van der Waals surface area (Å²) in [6.45, 7) is -0.0527. The van der Waals surface area contributed by atoms with Crippen LogP contribution in [-0.2, 0) is 9.45 Å². The Morgan fingerprint density at radius 2 is 1.52 bits per heavy atom. The summed E-state index contributed by atoms with van der Waals surface area (Å²) in [5.41, 5.74) is 18.3. The maximum atomic E-state index is 12.4. The van der Waals surface area contributed by atoms with E-state index in [0.29, 0.717) is 19.4 Å². The molecule has 0 unspecified atom stereocenters. The molecule has 0 radical (unpaired) electrons. The summed E-state index contributed by atoms with van der Waals surface area (Å²) < 4.78 is 5.71. The van der Waals surface area contributed by atoms with Crippen LogP contribution in [0.15, 0.2) is 65.7 Å². The molecule has 7 heteroatoms. The van der Waals surface area contributed by atoms with E-state index in [2.05, 4.69) is 4.99 Å². The van der Waals surface area contributed by atoms with E-state index in [-0.39, 0.29) is 5.96 Å². The zero-order valence-corrected chi connectivity index (χ0v) is 14.0. The standard InChI is InChI=1S/C18H23BN4O2/c20-16(12-7-13-23-18(21)22)17(24)25-19(14-8-3-1-4-9-14)15-10-5-2-6-11-15/h1-6,8-11,16H,7,12-13,20H2,(H4,21,22,23)/t16-/m0/s1. The molecule has 2 aromatic carbocycles. The van der Waals surface area contributed by atoms with E-state index >= 15 is 0 Å². The molecule has 25 heavy (non-hydrogen) atoms. The van der Waals surface area contributed by atoms with Gasteiger partial charge in [0.05, 0.1) is 0 Å². The van der Waals surface area contributed by atoms with Crippen LogP contribution in [0.25, 0.3) is 0 Å². The molecule has 6 nitrogen and oxygen atoms in total. The molecule has 2 aromatic rings. The molecule has 0 aliphatic carbocycles. The van der Waals surface area contributed by atoms with Crippen molar-refractivity contribution in [2.75, 3.05) is 6.54 Å². The number of carbonyl (C=O) groups excluding carboxylic acids is 1. The Hall–Kier alpha value is -2.80. The van der Waals surface area contributed by atoms with Crippen molar-refractivity contribution in [3.05, 3.63) is 60.7 Å². The fourth-order valence-corrected chi connectivity index (χ4v) is 2.42. The maximum Gasteiger partial charge on any atom is 0.429 e. The van der Waals surface area contributed by atoms with Crippen LogP contribution < -0.4 is 28.1 Å². The van der Waals surface area contributed by atoms with Crippen molar-refractivity contribution >= 4 is 29.8 Å². The number of nitrogens with zero attached hydrogens (tertiary/aromatic N) is 1. The van der Waals surface area contributed by atoms with E-state index in [1.54, 1.807) is 0 Å². The van der Waals surface area contributed by atoms with E-state index in [9.17, 15) is 4.79 Å². The molecule has 0 saturated carbocycles. The summed E-state index contributed by atoms with van der Waals surface area (Å²) in [7, 11) is 0. The Morgan fingerprint density at radius 1 is 1.00 bits per heavy atom. The van der Waals surface area contributed by atoms with Gasteiger partial charge in [0.25, 0.3) is 0 Å². The zero-order chi connectivity index (χ0) is 18.1. The maximum absolute atomic E-state index is 12.4. The molecule has 130 valence electrons. The Balaban J connectivity index is 2.04. The fourth-order valence-electron chi connectivity index (χ4n) is 2.42. The van der Waals surface area contributed by atoms with Gasteiger partial charge in [0.2, 0.25) is 0 Å². The quantitative estimate of drug-likeness (QED) is 0.265. The van der Waals surface area contributed by atoms with Crippen molar-refractivity contribution in [3.8, 4) is 0 Å². The summed E-state index contributed by atoms with van der Waals surface area (Å²) in [5.74, 6) is -0.410. The van der Waals surface area contributed by atoms with Crippen LogP contribution in [0.3, 0.4) is 0 Å². The minimum Gasteiger partial charge on any atom is -0.525 e. The number of rotatable bonds is 8. The Kier molecular flexibility index (Phi) is 7.04. The van der Waals surface area contributed by atoms with Crippen LogP contribution in [0.4, 0.5) is 0 Å². The number of benzene rings is 2. The van der Waals surface area contributed by atoms with Gasteiger partial charge in [-0.15, -0.1) is 0 Å². The first-order valence-corrected chi connectivity index (χ1v) is 8.19. The Bertz CT molecular complexity index is 651. The fraction of sp³-hybridized carbons (Fsp3) is 0.222. The van der Waals surface area contributed by atoms with Crippen molar-refractivity contribution in [2.24, 2.45) is 22.2 Å². The van der Waals surface area contributed by atoms with Crippen LogP contribution in [0, 0.1) is 0 Å². The highest BCUT2D eigenvalue weighted by atomic mass is 16.5. The van der Waals surface area contributed by atoms with Crippen molar-refractivity contribution in [2.45, 2.75) is 18.9 Å².